The summed E-state index contributed by atoms with van der Waals surface area (Å²) in [7, 11) is 3.64. The van der Waals surface area contributed by atoms with Crippen molar-refractivity contribution in [3.63, 3.8) is 0 Å². The number of nitrogens with one attached hydrogen (secondary N) is 1. The van der Waals surface area contributed by atoms with Crippen LogP contribution in [-0.4, -0.2) is 14.2 Å². The number of hydrogen-bond acceptors (Lipinski definition) is 2. The Morgan fingerprint density at radius 2 is 1.86 bits per heavy atom. The zero-order chi connectivity index (χ0) is 15.4. The minimum atomic E-state index is 0.216. The van der Waals surface area contributed by atoms with Crippen molar-refractivity contribution >= 4 is 23.2 Å². The average Bonchev–Trinajstić information content (AvgIpc) is 2.48. The highest BCUT2D eigenvalue weighted by molar-refractivity contribution is 6.42. The van der Waals surface area contributed by atoms with Crippen molar-refractivity contribution in [3.05, 3.63) is 63.1 Å². The molecule has 0 amide bonds. The molecular weight excluding hydrogens is 305 g/mol. The summed E-state index contributed by atoms with van der Waals surface area (Å²) in [6.07, 6.45) is 0.848. The van der Waals surface area contributed by atoms with E-state index in [0.29, 0.717) is 10.0 Å². The van der Waals surface area contributed by atoms with E-state index in [4.69, 9.17) is 27.9 Å². The smallest absolute Gasteiger partial charge is 0.119 e. The first-order chi connectivity index (χ1) is 10.0. The molecular formula is C17H19Cl2NO. The van der Waals surface area contributed by atoms with Gasteiger partial charge >= 0.3 is 0 Å². The Hall–Kier alpha value is -1.22. The van der Waals surface area contributed by atoms with E-state index in [0.717, 1.165) is 17.7 Å². The van der Waals surface area contributed by atoms with Crippen LogP contribution in [-0.2, 0) is 6.42 Å². The second-order valence-electron chi connectivity index (χ2n) is 5.02. The van der Waals surface area contributed by atoms with Crippen molar-refractivity contribution in [3.8, 4) is 5.75 Å². The lowest BCUT2D eigenvalue weighted by molar-refractivity contribution is 0.414. The standard InChI is InChI=1S/C17H19Cl2NO/c1-11-8-13(21-3)5-6-14(11)17(20-2)10-12-4-7-15(18)16(19)9-12/h4-9,17,20H,10H2,1-3H3. The Labute approximate surface area is 136 Å². The lowest BCUT2D eigenvalue weighted by atomic mass is 9.95. The highest BCUT2D eigenvalue weighted by atomic mass is 35.5. The fourth-order valence-corrected chi connectivity index (χ4v) is 2.76. The second-order valence-corrected chi connectivity index (χ2v) is 5.83. The number of likely N-dealkylation sites (N-methyl/N-ethyl adjacent to an activating group) is 1. The lowest BCUT2D eigenvalue weighted by Gasteiger charge is -2.20. The number of aryl methyl sites for hydroxylation is 1. The highest BCUT2D eigenvalue weighted by Crippen LogP contribution is 2.28. The maximum atomic E-state index is 6.09. The molecule has 0 aliphatic rings. The van der Waals surface area contributed by atoms with Crippen molar-refractivity contribution in [2.45, 2.75) is 19.4 Å². The van der Waals surface area contributed by atoms with Gasteiger partial charge in [0.2, 0.25) is 0 Å². The van der Waals surface area contributed by atoms with E-state index in [9.17, 15) is 0 Å². The Morgan fingerprint density at radius 1 is 1.10 bits per heavy atom. The van der Waals surface area contributed by atoms with Gasteiger partial charge in [0.1, 0.15) is 5.75 Å². The predicted molar refractivity (Wildman–Crippen MR) is 89.7 cm³/mol. The van der Waals surface area contributed by atoms with Gasteiger partial charge in [0, 0.05) is 6.04 Å². The fraction of sp³-hybridized carbons (Fsp3) is 0.294. The summed E-state index contributed by atoms with van der Waals surface area (Å²) in [4.78, 5) is 0. The van der Waals surface area contributed by atoms with Crippen molar-refractivity contribution < 1.29 is 4.74 Å². The molecule has 2 rings (SSSR count). The van der Waals surface area contributed by atoms with Gasteiger partial charge in [0.15, 0.2) is 0 Å². The van der Waals surface area contributed by atoms with Gasteiger partial charge in [-0.05, 0) is 61.3 Å². The molecule has 0 radical (unpaired) electrons. The molecule has 0 saturated heterocycles. The Kier molecular flexibility index (Phi) is 5.51. The van der Waals surface area contributed by atoms with Gasteiger partial charge in [-0.15, -0.1) is 0 Å². The monoisotopic (exact) mass is 323 g/mol. The highest BCUT2D eigenvalue weighted by Gasteiger charge is 2.14. The molecule has 1 N–H and O–H groups in total. The van der Waals surface area contributed by atoms with E-state index in [1.807, 2.05) is 31.3 Å². The molecule has 2 aromatic carbocycles. The summed E-state index contributed by atoms with van der Waals surface area (Å²) < 4.78 is 5.26. The number of methoxy groups -OCH3 is 1. The summed E-state index contributed by atoms with van der Waals surface area (Å²) in [6.45, 7) is 2.09. The lowest BCUT2D eigenvalue weighted by Crippen LogP contribution is -2.19. The SMILES string of the molecule is CNC(Cc1ccc(Cl)c(Cl)c1)c1ccc(OC)cc1C. The van der Waals surface area contributed by atoms with Crippen LogP contribution < -0.4 is 10.1 Å². The normalized spacial score (nSPS) is 12.2. The van der Waals surface area contributed by atoms with Crippen LogP contribution in [0.1, 0.15) is 22.7 Å². The van der Waals surface area contributed by atoms with E-state index >= 15 is 0 Å². The molecule has 0 fully saturated rings. The van der Waals surface area contributed by atoms with Gasteiger partial charge in [0.05, 0.1) is 17.2 Å². The van der Waals surface area contributed by atoms with Crippen LogP contribution in [0, 0.1) is 6.92 Å². The van der Waals surface area contributed by atoms with E-state index in [2.05, 4.69) is 24.4 Å². The zero-order valence-corrected chi connectivity index (χ0v) is 13.9. The summed E-state index contributed by atoms with van der Waals surface area (Å²) >= 11 is 12.1. The van der Waals surface area contributed by atoms with E-state index in [1.54, 1.807) is 7.11 Å². The average molecular weight is 324 g/mol. The van der Waals surface area contributed by atoms with Crippen LogP contribution in [0.2, 0.25) is 10.0 Å². The van der Waals surface area contributed by atoms with Gasteiger partial charge in [-0.25, -0.2) is 0 Å². The van der Waals surface area contributed by atoms with E-state index in [1.165, 1.54) is 11.1 Å². The largest absolute Gasteiger partial charge is 0.497 e. The van der Waals surface area contributed by atoms with Gasteiger partial charge in [-0.2, -0.15) is 0 Å². The molecule has 21 heavy (non-hydrogen) atoms. The first-order valence-corrected chi connectivity index (χ1v) is 7.56. The minimum Gasteiger partial charge on any atom is -0.497 e. The predicted octanol–water partition coefficient (Wildman–Crippen LogP) is 4.81. The number of hydrogen-bond donors (Lipinski definition) is 1. The molecule has 2 aromatic rings. The first kappa shape index (κ1) is 16.2. The van der Waals surface area contributed by atoms with Gasteiger partial charge in [0.25, 0.3) is 0 Å². The van der Waals surface area contributed by atoms with Crippen LogP contribution in [0.25, 0.3) is 0 Å². The molecule has 4 heteroatoms. The quantitative estimate of drug-likeness (QED) is 0.852. The summed E-state index contributed by atoms with van der Waals surface area (Å²) in [5.74, 6) is 0.876. The van der Waals surface area contributed by atoms with Gasteiger partial charge < -0.3 is 10.1 Å². The molecule has 0 saturated carbocycles. The number of rotatable bonds is 5. The number of ether oxygens (including phenoxy) is 1. The minimum absolute atomic E-state index is 0.216. The van der Waals surface area contributed by atoms with Crippen LogP contribution in [0.3, 0.4) is 0 Å². The van der Waals surface area contributed by atoms with Crippen LogP contribution in [0.4, 0.5) is 0 Å². The molecule has 112 valence electrons. The molecule has 0 bridgehead atoms. The Balaban J connectivity index is 2.25. The maximum absolute atomic E-state index is 6.09. The van der Waals surface area contributed by atoms with Crippen LogP contribution in [0.15, 0.2) is 36.4 Å². The third-order valence-electron chi connectivity index (χ3n) is 3.62. The van der Waals surface area contributed by atoms with E-state index < -0.39 is 0 Å². The van der Waals surface area contributed by atoms with Crippen molar-refractivity contribution in [2.24, 2.45) is 0 Å². The first-order valence-electron chi connectivity index (χ1n) is 6.81. The number of halogens is 2. The number of benzene rings is 2. The summed E-state index contributed by atoms with van der Waals surface area (Å²) in [5, 5.41) is 4.54. The van der Waals surface area contributed by atoms with Gasteiger partial charge in [-0.3, -0.25) is 0 Å². The molecule has 0 spiro atoms. The maximum Gasteiger partial charge on any atom is 0.119 e. The summed E-state index contributed by atoms with van der Waals surface area (Å²) in [5.41, 5.74) is 3.61. The molecule has 0 heterocycles. The molecule has 0 aromatic heterocycles. The Morgan fingerprint density at radius 3 is 2.43 bits per heavy atom. The zero-order valence-electron chi connectivity index (χ0n) is 12.4. The third kappa shape index (κ3) is 3.91. The topological polar surface area (TPSA) is 21.3 Å². The van der Waals surface area contributed by atoms with Crippen molar-refractivity contribution in [1.82, 2.24) is 5.32 Å². The van der Waals surface area contributed by atoms with Crippen molar-refractivity contribution in [1.29, 1.82) is 0 Å². The third-order valence-corrected chi connectivity index (χ3v) is 4.36. The molecule has 1 atom stereocenters. The van der Waals surface area contributed by atoms with Crippen LogP contribution >= 0.6 is 23.2 Å². The van der Waals surface area contributed by atoms with Crippen molar-refractivity contribution in [2.75, 3.05) is 14.2 Å². The molecule has 0 aliphatic carbocycles. The Bertz CT molecular complexity index is 628. The van der Waals surface area contributed by atoms with E-state index in [-0.39, 0.29) is 6.04 Å². The van der Waals surface area contributed by atoms with Crippen LogP contribution in [0.5, 0.6) is 5.75 Å². The second kappa shape index (κ2) is 7.17. The summed E-state index contributed by atoms with van der Waals surface area (Å²) in [6, 6.07) is 12.1. The molecule has 1 unspecified atom stereocenters. The molecule has 2 nitrogen and oxygen atoms in total. The molecule has 0 aliphatic heterocycles. The van der Waals surface area contributed by atoms with Gasteiger partial charge in [-0.1, -0.05) is 35.3 Å². The fourth-order valence-electron chi connectivity index (χ4n) is 2.44.